The number of hydrogen-bond donors (Lipinski definition) is 0. The predicted molar refractivity (Wildman–Crippen MR) is 82.0 cm³/mol. The molecule has 2 aromatic rings. The van der Waals surface area contributed by atoms with Crippen molar-refractivity contribution in [1.29, 1.82) is 0 Å². The van der Waals surface area contributed by atoms with Crippen LogP contribution in [0.25, 0.3) is 5.57 Å². The SMILES string of the molecule is C=C/C=C(\C)c1ccn(S(=O)(=O)c2ccc(C)cc2)c1. The van der Waals surface area contributed by atoms with Crippen LogP contribution in [0.3, 0.4) is 0 Å². The third-order valence-corrected chi connectivity index (χ3v) is 4.74. The molecular weight excluding hydrogens is 270 g/mol. The number of aromatic nitrogens is 1. The second-order valence-corrected chi connectivity index (χ2v) is 6.48. The highest BCUT2D eigenvalue weighted by Gasteiger charge is 2.16. The second kappa shape index (κ2) is 5.51. The molecule has 2 rings (SSSR count). The van der Waals surface area contributed by atoms with Crippen molar-refractivity contribution in [3.63, 3.8) is 0 Å². The second-order valence-electron chi connectivity index (χ2n) is 4.63. The molecule has 4 heteroatoms. The van der Waals surface area contributed by atoms with Gasteiger partial charge >= 0.3 is 0 Å². The van der Waals surface area contributed by atoms with Crippen molar-refractivity contribution in [3.8, 4) is 0 Å². The lowest BCUT2D eigenvalue weighted by Crippen LogP contribution is -2.10. The predicted octanol–water partition coefficient (Wildman–Crippen LogP) is 3.62. The minimum atomic E-state index is -3.52. The number of allylic oxidation sites excluding steroid dienone is 3. The van der Waals surface area contributed by atoms with Gasteiger partial charge in [0.25, 0.3) is 10.0 Å². The maximum Gasteiger partial charge on any atom is 0.267 e. The van der Waals surface area contributed by atoms with E-state index in [1.165, 1.54) is 3.97 Å². The van der Waals surface area contributed by atoms with Gasteiger partial charge in [-0.15, -0.1) is 0 Å². The zero-order valence-corrected chi connectivity index (χ0v) is 12.4. The summed E-state index contributed by atoms with van der Waals surface area (Å²) in [6.07, 6.45) is 6.70. The summed E-state index contributed by atoms with van der Waals surface area (Å²) in [6.45, 7) is 7.48. The highest BCUT2D eigenvalue weighted by atomic mass is 32.2. The Morgan fingerprint density at radius 1 is 1.20 bits per heavy atom. The summed E-state index contributed by atoms with van der Waals surface area (Å²) in [4.78, 5) is 0.288. The summed E-state index contributed by atoms with van der Waals surface area (Å²) in [5.74, 6) is 0. The molecule has 104 valence electrons. The molecule has 0 aliphatic rings. The zero-order valence-electron chi connectivity index (χ0n) is 11.6. The van der Waals surface area contributed by atoms with Gasteiger partial charge in [0.05, 0.1) is 4.90 Å². The molecule has 0 saturated heterocycles. The minimum Gasteiger partial charge on any atom is -0.248 e. The highest BCUT2D eigenvalue weighted by molar-refractivity contribution is 7.90. The van der Waals surface area contributed by atoms with Crippen LogP contribution in [0.4, 0.5) is 0 Å². The molecule has 0 fully saturated rings. The van der Waals surface area contributed by atoms with Crippen LogP contribution in [0.5, 0.6) is 0 Å². The Bertz CT molecular complexity index is 750. The van der Waals surface area contributed by atoms with Crippen molar-refractivity contribution in [2.75, 3.05) is 0 Å². The molecule has 0 N–H and O–H groups in total. The molecule has 0 atom stereocenters. The average Bonchev–Trinajstić information content (AvgIpc) is 2.90. The van der Waals surface area contributed by atoms with Crippen molar-refractivity contribution < 1.29 is 8.42 Å². The van der Waals surface area contributed by atoms with Crippen LogP contribution < -0.4 is 0 Å². The van der Waals surface area contributed by atoms with Gasteiger partial charge in [0.1, 0.15) is 0 Å². The molecule has 1 aromatic heterocycles. The number of nitrogens with zero attached hydrogens (tertiary/aromatic N) is 1. The summed E-state index contributed by atoms with van der Waals surface area (Å²) in [5, 5.41) is 0. The van der Waals surface area contributed by atoms with Crippen molar-refractivity contribution in [2.24, 2.45) is 0 Å². The van der Waals surface area contributed by atoms with Gasteiger partial charge in [-0.2, -0.15) is 0 Å². The molecule has 20 heavy (non-hydrogen) atoms. The van der Waals surface area contributed by atoms with Crippen LogP contribution in [0.15, 0.2) is 66.4 Å². The lowest BCUT2D eigenvalue weighted by atomic mass is 10.1. The van der Waals surface area contributed by atoms with E-state index in [-0.39, 0.29) is 4.90 Å². The van der Waals surface area contributed by atoms with Crippen LogP contribution in [-0.4, -0.2) is 12.4 Å². The van der Waals surface area contributed by atoms with Gasteiger partial charge in [-0.1, -0.05) is 36.4 Å². The Kier molecular flexibility index (Phi) is 3.95. The molecule has 0 saturated carbocycles. The Morgan fingerprint density at radius 2 is 1.85 bits per heavy atom. The quantitative estimate of drug-likeness (QED) is 0.806. The first kappa shape index (κ1) is 14.3. The minimum absolute atomic E-state index is 0.288. The Morgan fingerprint density at radius 3 is 2.45 bits per heavy atom. The average molecular weight is 287 g/mol. The summed E-state index contributed by atoms with van der Waals surface area (Å²) < 4.78 is 26.2. The van der Waals surface area contributed by atoms with Crippen molar-refractivity contribution in [2.45, 2.75) is 18.7 Å². The number of hydrogen-bond acceptors (Lipinski definition) is 2. The normalized spacial score (nSPS) is 12.4. The van der Waals surface area contributed by atoms with Gasteiger partial charge in [0.2, 0.25) is 0 Å². The fourth-order valence-corrected chi connectivity index (χ4v) is 3.06. The van der Waals surface area contributed by atoms with E-state index in [4.69, 9.17) is 0 Å². The van der Waals surface area contributed by atoms with Gasteiger partial charge in [-0.3, -0.25) is 0 Å². The third-order valence-electron chi connectivity index (χ3n) is 3.09. The van der Waals surface area contributed by atoms with Crippen LogP contribution in [0, 0.1) is 6.92 Å². The molecule has 0 amide bonds. The van der Waals surface area contributed by atoms with E-state index in [1.54, 1.807) is 48.8 Å². The summed E-state index contributed by atoms with van der Waals surface area (Å²) >= 11 is 0. The van der Waals surface area contributed by atoms with Gasteiger partial charge < -0.3 is 0 Å². The van der Waals surface area contributed by atoms with E-state index in [1.807, 2.05) is 19.9 Å². The topological polar surface area (TPSA) is 39.1 Å². The molecule has 1 aromatic carbocycles. The van der Waals surface area contributed by atoms with Gasteiger partial charge in [-0.05, 0) is 43.2 Å². The van der Waals surface area contributed by atoms with E-state index < -0.39 is 10.0 Å². The zero-order chi connectivity index (χ0) is 14.8. The maximum absolute atomic E-state index is 12.5. The first-order chi connectivity index (χ1) is 9.45. The van der Waals surface area contributed by atoms with E-state index >= 15 is 0 Å². The van der Waals surface area contributed by atoms with Crippen LogP contribution >= 0.6 is 0 Å². The molecule has 0 spiro atoms. The third kappa shape index (κ3) is 2.75. The van der Waals surface area contributed by atoms with Gasteiger partial charge in [-0.25, -0.2) is 12.4 Å². The van der Waals surface area contributed by atoms with Crippen LogP contribution in [0.1, 0.15) is 18.1 Å². The molecule has 0 radical (unpaired) electrons. The van der Waals surface area contributed by atoms with E-state index in [2.05, 4.69) is 6.58 Å². The maximum atomic E-state index is 12.5. The van der Waals surface area contributed by atoms with Crippen molar-refractivity contribution >= 4 is 15.6 Å². The lowest BCUT2D eigenvalue weighted by Gasteiger charge is -2.05. The fourth-order valence-electron chi connectivity index (χ4n) is 1.86. The fraction of sp³-hybridized carbons (Fsp3) is 0.125. The smallest absolute Gasteiger partial charge is 0.248 e. The summed E-state index contributed by atoms with van der Waals surface area (Å²) in [6, 6.07) is 8.61. The Balaban J connectivity index is 2.43. The molecule has 0 aliphatic carbocycles. The Labute approximate surface area is 119 Å². The molecule has 0 bridgehead atoms. The summed E-state index contributed by atoms with van der Waals surface area (Å²) in [7, 11) is -3.52. The van der Waals surface area contributed by atoms with Crippen LogP contribution in [-0.2, 0) is 10.0 Å². The standard InChI is InChI=1S/C16H17NO2S/c1-4-5-14(3)15-10-11-17(12-15)20(18,19)16-8-6-13(2)7-9-16/h4-12H,1H2,2-3H3/b14-5+. The molecule has 0 unspecified atom stereocenters. The number of aryl methyl sites for hydroxylation is 1. The molecule has 1 heterocycles. The van der Waals surface area contributed by atoms with Crippen molar-refractivity contribution in [3.05, 3.63) is 72.6 Å². The summed E-state index contributed by atoms with van der Waals surface area (Å²) in [5.41, 5.74) is 2.86. The Hall–Kier alpha value is -2.07. The highest BCUT2D eigenvalue weighted by Crippen LogP contribution is 2.19. The monoisotopic (exact) mass is 287 g/mol. The molecule has 0 aliphatic heterocycles. The van der Waals surface area contributed by atoms with Gasteiger partial charge in [0.15, 0.2) is 0 Å². The van der Waals surface area contributed by atoms with Crippen LogP contribution in [0.2, 0.25) is 0 Å². The lowest BCUT2D eigenvalue weighted by molar-refractivity contribution is 0.587. The number of rotatable bonds is 4. The molecular formula is C16H17NO2S. The van der Waals surface area contributed by atoms with Gasteiger partial charge in [0, 0.05) is 12.4 Å². The van der Waals surface area contributed by atoms with E-state index in [9.17, 15) is 8.42 Å². The first-order valence-corrected chi connectivity index (χ1v) is 7.69. The van der Waals surface area contributed by atoms with Crippen molar-refractivity contribution in [1.82, 2.24) is 3.97 Å². The number of benzene rings is 1. The van der Waals surface area contributed by atoms with E-state index in [0.717, 1.165) is 16.7 Å². The first-order valence-electron chi connectivity index (χ1n) is 6.25. The molecule has 3 nitrogen and oxygen atoms in total. The largest absolute Gasteiger partial charge is 0.267 e. The van der Waals surface area contributed by atoms with E-state index in [0.29, 0.717) is 0 Å².